The molecule has 0 bridgehead atoms. The van der Waals surface area contributed by atoms with Gasteiger partial charge in [0.15, 0.2) is 5.69 Å². The fraction of sp³-hybridized carbons (Fsp3) is 0.133. The summed E-state index contributed by atoms with van der Waals surface area (Å²) in [5.74, 6) is -0.402. The molecule has 0 amide bonds. The van der Waals surface area contributed by atoms with Crippen LogP contribution >= 0.6 is 11.3 Å². The minimum atomic E-state index is -1.04. The molecular formula is C15H12N2O3S. The van der Waals surface area contributed by atoms with Crippen molar-refractivity contribution in [3.63, 3.8) is 0 Å². The van der Waals surface area contributed by atoms with Crippen molar-refractivity contribution in [3.8, 4) is 21.0 Å². The van der Waals surface area contributed by atoms with Crippen LogP contribution in [0.1, 0.15) is 21.9 Å². The summed E-state index contributed by atoms with van der Waals surface area (Å²) in [6, 6.07) is 9.38. The van der Waals surface area contributed by atoms with Gasteiger partial charge in [-0.25, -0.2) is 9.78 Å². The van der Waals surface area contributed by atoms with Gasteiger partial charge in [0.2, 0.25) is 0 Å². The molecule has 0 atom stereocenters. The third-order valence-corrected chi connectivity index (χ3v) is 4.23. The van der Waals surface area contributed by atoms with Gasteiger partial charge < -0.3 is 9.63 Å². The van der Waals surface area contributed by atoms with Gasteiger partial charge in [0, 0.05) is 0 Å². The van der Waals surface area contributed by atoms with Crippen LogP contribution in [0.15, 0.2) is 34.9 Å². The molecule has 2 heterocycles. The maximum absolute atomic E-state index is 11.5. The number of hydrogen-bond donors (Lipinski definition) is 1. The molecule has 0 saturated carbocycles. The monoisotopic (exact) mass is 300 g/mol. The van der Waals surface area contributed by atoms with Crippen LogP contribution in [0.3, 0.4) is 0 Å². The highest BCUT2D eigenvalue weighted by Crippen LogP contribution is 2.37. The van der Waals surface area contributed by atoms with E-state index in [4.69, 9.17) is 4.52 Å². The molecule has 0 radical (unpaired) electrons. The van der Waals surface area contributed by atoms with Crippen LogP contribution in [0, 0.1) is 13.8 Å². The molecule has 0 aliphatic rings. The molecule has 1 aromatic carbocycles. The van der Waals surface area contributed by atoms with E-state index in [1.54, 1.807) is 6.92 Å². The third-order valence-electron chi connectivity index (χ3n) is 3.11. The number of aryl methyl sites for hydroxylation is 2. The van der Waals surface area contributed by atoms with Crippen molar-refractivity contribution >= 4 is 17.3 Å². The van der Waals surface area contributed by atoms with E-state index in [9.17, 15) is 9.90 Å². The smallest absolute Gasteiger partial charge is 0.356 e. The van der Waals surface area contributed by atoms with Gasteiger partial charge in [0.25, 0.3) is 0 Å². The van der Waals surface area contributed by atoms with Gasteiger partial charge in [0.05, 0.1) is 16.1 Å². The molecule has 3 aromatic rings. The number of benzene rings is 1. The Labute approximate surface area is 124 Å². The Morgan fingerprint density at radius 1 is 1.24 bits per heavy atom. The predicted octanol–water partition coefficient (Wildman–Crippen LogP) is 3.78. The highest BCUT2D eigenvalue weighted by atomic mass is 32.1. The Hall–Kier alpha value is -2.47. The largest absolute Gasteiger partial charge is 0.476 e. The molecule has 0 saturated heterocycles. The lowest BCUT2D eigenvalue weighted by atomic mass is 10.1. The fourth-order valence-electron chi connectivity index (χ4n) is 2.15. The lowest BCUT2D eigenvalue weighted by Crippen LogP contribution is -1.98. The summed E-state index contributed by atoms with van der Waals surface area (Å²) < 4.78 is 5.13. The van der Waals surface area contributed by atoms with Crippen molar-refractivity contribution in [1.29, 1.82) is 0 Å². The zero-order valence-corrected chi connectivity index (χ0v) is 12.3. The number of carboxylic acid groups (broad SMARTS) is 1. The summed E-state index contributed by atoms with van der Waals surface area (Å²) in [5, 5.41) is 13.9. The summed E-state index contributed by atoms with van der Waals surface area (Å²) in [6.45, 7) is 3.61. The maximum atomic E-state index is 11.5. The Bertz CT molecular complexity index is 786. The predicted molar refractivity (Wildman–Crippen MR) is 79.5 cm³/mol. The van der Waals surface area contributed by atoms with Gasteiger partial charge in [-0.1, -0.05) is 35.5 Å². The van der Waals surface area contributed by atoms with Crippen LogP contribution in [0.2, 0.25) is 0 Å². The normalized spacial score (nSPS) is 10.8. The number of nitrogens with zero attached hydrogens (tertiary/aromatic N) is 2. The van der Waals surface area contributed by atoms with Crippen molar-refractivity contribution in [1.82, 2.24) is 10.1 Å². The van der Waals surface area contributed by atoms with Gasteiger partial charge in [-0.3, -0.25) is 0 Å². The van der Waals surface area contributed by atoms with E-state index in [1.165, 1.54) is 11.3 Å². The summed E-state index contributed by atoms with van der Waals surface area (Å²) in [6.07, 6.45) is 0. The Morgan fingerprint density at radius 3 is 2.52 bits per heavy atom. The molecule has 0 spiro atoms. The lowest BCUT2D eigenvalue weighted by molar-refractivity contribution is 0.0692. The van der Waals surface area contributed by atoms with E-state index < -0.39 is 5.97 Å². The summed E-state index contributed by atoms with van der Waals surface area (Å²) >= 11 is 1.34. The van der Waals surface area contributed by atoms with E-state index in [-0.39, 0.29) is 5.69 Å². The van der Waals surface area contributed by atoms with Gasteiger partial charge in [-0.2, -0.15) is 0 Å². The fourth-order valence-corrected chi connectivity index (χ4v) is 3.35. The first-order valence-electron chi connectivity index (χ1n) is 6.30. The molecule has 6 heteroatoms. The molecule has 1 N–H and O–H groups in total. The van der Waals surface area contributed by atoms with Crippen LogP contribution in [-0.2, 0) is 0 Å². The van der Waals surface area contributed by atoms with E-state index in [1.807, 2.05) is 37.3 Å². The van der Waals surface area contributed by atoms with Gasteiger partial charge in [-0.05, 0) is 19.4 Å². The number of thiazole rings is 1. The first kappa shape index (κ1) is 13.5. The van der Waals surface area contributed by atoms with E-state index in [2.05, 4.69) is 10.1 Å². The second-order valence-corrected chi connectivity index (χ2v) is 5.57. The summed E-state index contributed by atoms with van der Waals surface area (Å²) in [5.41, 5.74) is 2.37. The molecule has 3 rings (SSSR count). The molecule has 106 valence electrons. The Balaban J connectivity index is 2.21. The second kappa shape index (κ2) is 5.14. The van der Waals surface area contributed by atoms with Crippen molar-refractivity contribution < 1.29 is 14.4 Å². The molecule has 21 heavy (non-hydrogen) atoms. The van der Waals surface area contributed by atoms with Crippen LogP contribution in [0.25, 0.3) is 21.0 Å². The number of carbonyl (C=O) groups is 1. The second-order valence-electron chi connectivity index (χ2n) is 4.57. The van der Waals surface area contributed by atoms with Crippen LogP contribution < -0.4 is 0 Å². The van der Waals surface area contributed by atoms with Gasteiger partial charge in [0.1, 0.15) is 10.8 Å². The molecule has 0 unspecified atom stereocenters. The topological polar surface area (TPSA) is 76.2 Å². The summed E-state index contributed by atoms with van der Waals surface area (Å²) in [4.78, 5) is 16.4. The standard InChI is InChI=1S/C15H12N2O3S/c1-8-11(9(2)20-17-8)14-16-12(15(18)19)13(21-14)10-6-4-3-5-7-10/h3-7H,1-2H3,(H,18,19). The first-order chi connectivity index (χ1) is 10.1. The van der Waals surface area contributed by atoms with E-state index in [0.29, 0.717) is 21.3 Å². The minimum absolute atomic E-state index is 0.0567. The van der Waals surface area contributed by atoms with E-state index in [0.717, 1.165) is 11.1 Å². The van der Waals surface area contributed by atoms with Crippen LogP contribution in [0.4, 0.5) is 0 Å². The van der Waals surface area contributed by atoms with Crippen LogP contribution in [-0.4, -0.2) is 21.2 Å². The van der Waals surface area contributed by atoms with Gasteiger partial charge >= 0.3 is 5.97 Å². The number of carboxylic acids is 1. The Morgan fingerprint density at radius 2 is 1.95 bits per heavy atom. The molecule has 5 nitrogen and oxygen atoms in total. The molecule has 0 aliphatic carbocycles. The van der Waals surface area contributed by atoms with Crippen LogP contribution in [0.5, 0.6) is 0 Å². The quantitative estimate of drug-likeness (QED) is 0.796. The molecule has 0 aliphatic heterocycles. The van der Waals surface area contributed by atoms with Crippen molar-refractivity contribution in [3.05, 3.63) is 47.5 Å². The molecule has 0 fully saturated rings. The first-order valence-corrected chi connectivity index (χ1v) is 7.12. The zero-order valence-electron chi connectivity index (χ0n) is 11.5. The lowest BCUT2D eigenvalue weighted by Gasteiger charge is -1.97. The van der Waals surface area contributed by atoms with E-state index >= 15 is 0 Å². The number of rotatable bonds is 3. The highest BCUT2D eigenvalue weighted by Gasteiger charge is 2.23. The number of hydrogen-bond acceptors (Lipinski definition) is 5. The van der Waals surface area contributed by atoms with Gasteiger partial charge in [-0.15, -0.1) is 11.3 Å². The Kier molecular flexibility index (Phi) is 3.31. The minimum Gasteiger partial charge on any atom is -0.476 e. The van der Waals surface area contributed by atoms with Crippen molar-refractivity contribution in [2.24, 2.45) is 0 Å². The molecule has 2 aromatic heterocycles. The highest BCUT2D eigenvalue weighted by molar-refractivity contribution is 7.18. The summed E-state index contributed by atoms with van der Waals surface area (Å²) in [7, 11) is 0. The van der Waals surface area contributed by atoms with Crippen molar-refractivity contribution in [2.75, 3.05) is 0 Å². The maximum Gasteiger partial charge on any atom is 0.356 e. The zero-order chi connectivity index (χ0) is 15.0. The number of aromatic nitrogens is 2. The third kappa shape index (κ3) is 2.34. The average Bonchev–Trinajstić information content (AvgIpc) is 3.04. The number of aromatic carboxylic acids is 1. The molecular weight excluding hydrogens is 288 g/mol. The average molecular weight is 300 g/mol. The SMILES string of the molecule is Cc1noc(C)c1-c1nc(C(=O)O)c(-c2ccccc2)s1. The van der Waals surface area contributed by atoms with Crippen molar-refractivity contribution in [2.45, 2.75) is 13.8 Å².